The van der Waals surface area contributed by atoms with Gasteiger partial charge in [-0.05, 0) is 6.92 Å². The molecule has 2 N–H and O–H groups in total. The summed E-state index contributed by atoms with van der Waals surface area (Å²) in [5.41, 5.74) is -0.475. The van der Waals surface area contributed by atoms with E-state index in [9.17, 15) is 25.4 Å². The molecule has 0 spiro atoms. The standard InChI is InChI=1S/C11H10N4O6/c1-8(6-9(14(18)19)2-4-12-16)11-7-10(15(20)21)3-5-13(11)17/h2-7,17H,1H3/p+1. The molecule has 0 aliphatic rings. The second kappa shape index (κ2) is 6.75. The molecule has 0 saturated heterocycles. The van der Waals surface area contributed by atoms with Crippen LogP contribution < -0.4 is 4.73 Å². The zero-order chi connectivity index (χ0) is 16.0. The summed E-state index contributed by atoms with van der Waals surface area (Å²) in [6.45, 7) is 1.43. The first-order valence-electron chi connectivity index (χ1n) is 5.47. The van der Waals surface area contributed by atoms with Crippen LogP contribution in [0.15, 0.2) is 41.3 Å². The number of hydrogen-bond acceptors (Lipinski definition) is 7. The predicted octanol–water partition coefficient (Wildman–Crippen LogP) is 1.14. The molecule has 10 heteroatoms. The van der Waals surface area contributed by atoms with Crippen LogP contribution in [0.25, 0.3) is 5.57 Å². The number of allylic oxidation sites excluding steroid dienone is 3. The Kier molecular flexibility index (Phi) is 5.06. The normalized spacial score (nSPS) is 12.6. The van der Waals surface area contributed by atoms with Gasteiger partial charge in [0.1, 0.15) is 0 Å². The van der Waals surface area contributed by atoms with Crippen LogP contribution in [0.1, 0.15) is 12.6 Å². The number of nitro groups is 2. The summed E-state index contributed by atoms with van der Waals surface area (Å²) in [5, 5.41) is 42.0. The van der Waals surface area contributed by atoms with Gasteiger partial charge < -0.3 is 5.21 Å². The molecule has 0 bridgehead atoms. The number of nitrogens with zero attached hydrogens (tertiary/aromatic N) is 4. The van der Waals surface area contributed by atoms with E-state index in [0.29, 0.717) is 4.73 Å². The van der Waals surface area contributed by atoms with Crippen LogP contribution in [0.4, 0.5) is 5.69 Å². The lowest BCUT2D eigenvalue weighted by atomic mass is 10.1. The van der Waals surface area contributed by atoms with Crippen LogP contribution >= 0.6 is 0 Å². The summed E-state index contributed by atoms with van der Waals surface area (Å²) in [4.78, 5) is 20.1. The highest BCUT2D eigenvalue weighted by Crippen LogP contribution is 2.17. The van der Waals surface area contributed by atoms with Gasteiger partial charge in [-0.15, -0.1) is 0 Å². The van der Waals surface area contributed by atoms with E-state index in [2.05, 4.69) is 5.16 Å². The Labute approximate surface area is 117 Å². The van der Waals surface area contributed by atoms with Gasteiger partial charge in [-0.25, -0.2) is 0 Å². The average molecular weight is 295 g/mol. The maximum atomic E-state index is 10.8. The van der Waals surface area contributed by atoms with Crippen LogP contribution in [0.2, 0.25) is 0 Å². The fraction of sp³-hybridized carbons (Fsp3) is 0.0909. The Hall–Kier alpha value is -3.30. The van der Waals surface area contributed by atoms with Gasteiger partial charge in [-0.3, -0.25) is 25.4 Å². The molecule has 1 heterocycles. The number of pyridine rings is 1. The van der Waals surface area contributed by atoms with E-state index in [1.807, 2.05) is 0 Å². The monoisotopic (exact) mass is 295 g/mol. The summed E-state index contributed by atoms with van der Waals surface area (Å²) in [6.07, 6.45) is 3.87. The Morgan fingerprint density at radius 2 is 2.10 bits per heavy atom. The maximum absolute atomic E-state index is 10.8. The van der Waals surface area contributed by atoms with Crippen LogP contribution in [-0.2, 0) is 0 Å². The topological polar surface area (TPSA) is 143 Å². The summed E-state index contributed by atoms with van der Waals surface area (Å²) in [5.74, 6) is 0. The van der Waals surface area contributed by atoms with Gasteiger partial charge in [-0.2, -0.15) is 0 Å². The first kappa shape index (κ1) is 15.8. The first-order valence-corrected chi connectivity index (χ1v) is 5.47. The molecule has 0 aromatic carbocycles. The number of rotatable bonds is 5. The van der Waals surface area contributed by atoms with Crippen molar-refractivity contribution in [1.82, 2.24) is 0 Å². The largest absolute Gasteiger partial charge is 0.411 e. The second-order valence-corrected chi connectivity index (χ2v) is 3.81. The highest BCUT2D eigenvalue weighted by Gasteiger charge is 2.20. The minimum absolute atomic E-state index is 0.0119. The SMILES string of the molecule is C\C(=C/C(=C\C=N\O)[N+](=O)[O-])c1cc([N+](=O)[O-])cc[n+]1O. The van der Waals surface area contributed by atoms with Crippen molar-refractivity contribution in [2.75, 3.05) is 0 Å². The average Bonchev–Trinajstić information content (AvgIpc) is 2.42. The molecule has 0 amide bonds. The molecule has 0 atom stereocenters. The van der Waals surface area contributed by atoms with Crippen molar-refractivity contribution in [3.8, 4) is 0 Å². The van der Waals surface area contributed by atoms with Gasteiger partial charge in [-0.1, -0.05) is 5.16 Å². The minimum atomic E-state index is -0.732. The number of oxime groups is 1. The molecular weight excluding hydrogens is 284 g/mol. The van der Waals surface area contributed by atoms with Crippen molar-refractivity contribution >= 4 is 17.5 Å². The van der Waals surface area contributed by atoms with Crippen molar-refractivity contribution in [1.29, 1.82) is 0 Å². The zero-order valence-corrected chi connectivity index (χ0v) is 10.8. The van der Waals surface area contributed by atoms with E-state index >= 15 is 0 Å². The van der Waals surface area contributed by atoms with E-state index in [1.54, 1.807) is 0 Å². The van der Waals surface area contributed by atoms with Gasteiger partial charge in [0.2, 0.25) is 6.20 Å². The van der Waals surface area contributed by atoms with Crippen LogP contribution in [0, 0.1) is 20.2 Å². The van der Waals surface area contributed by atoms with Crippen molar-refractivity contribution in [3.63, 3.8) is 0 Å². The van der Waals surface area contributed by atoms with Gasteiger partial charge in [0.15, 0.2) is 0 Å². The molecular formula is C11H11N4O6+. The third kappa shape index (κ3) is 4.09. The fourth-order valence-electron chi connectivity index (χ4n) is 1.46. The molecule has 0 aliphatic carbocycles. The van der Waals surface area contributed by atoms with Crippen LogP contribution in [-0.4, -0.2) is 26.5 Å². The Balaban J connectivity index is 3.31. The van der Waals surface area contributed by atoms with Gasteiger partial charge in [0, 0.05) is 22.5 Å². The molecule has 0 unspecified atom stereocenters. The first-order chi connectivity index (χ1) is 9.86. The third-order valence-corrected chi connectivity index (χ3v) is 2.42. The fourth-order valence-corrected chi connectivity index (χ4v) is 1.46. The van der Waals surface area contributed by atoms with E-state index < -0.39 is 15.5 Å². The molecule has 1 rings (SSSR count). The Morgan fingerprint density at radius 3 is 2.62 bits per heavy atom. The zero-order valence-electron chi connectivity index (χ0n) is 10.8. The lowest BCUT2D eigenvalue weighted by Gasteiger charge is -1.97. The maximum Gasteiger partial charge on any atom is 0.282 e. The summed E-state index contributed by atoms with van der Waals surface area (Å²) >= 11 is 0. The van der Waals surface area contributed by atoms with Gasteiger partial charge in [0.25, 0.3) is 17.1 Å². The lowest BCUT2D eigenvalue weighted by molar-refractivity contribution is -0.906. The molecule has 0 radical (unpaired) electrons. The molecule has 110 valence electrons. The summed E-state index contributed by atoms with van der Waals surface area (Å²) < 4.78 is 0.608. The number of hydrogen-bond donors (Lipinski definition) is 2. The summed E-state index contributed by atoms with van der Waals surface area (Å²) in [6, 6.07) is 2.16. The predicted molar refractivity (Wildman–Crippen MR) is 69.5 cm³/mol. The molecule has 1 aromatic heterocycles. The lowest BCUT2D eigenvalue weighted by Crippen LogP contribution is -2.34. The molecule has 10 nitrogen and oxygen atoms in total. The smallest absolute Gasteiger partial charge is 0.282 e. The van der Waals surface area contributed by atoms with Gasteiger partial charge >= 0.3 is 0 Å². The van der Waals surface area contributed by atoms with Crippen LogP contribution in [0.3, 0.4) is 0 Å². The van der Waals surface area contributed by atoms with Crippen LogP contribution in [0.5, 0.6) is 0 Å². The van der Waals surface area contributed by atoms with E-state index in [4.69, 9.17) is 5.21 Å². The van der Waals surface area contributed by atoms with Crippen molar-refractivity contribution < 1.29 is 25.0 Å². The second-order valence-electron chi connectivity index (χ2n) is 3.81. The quantitative estimate of drug-likeness (QED) is 0.158. The number of aromatic nitrogens is 1. The molecule has 21 heavy (non-hydrogen) atoms. The Bertz CT molecular complexity index is 665. The van der Waals surface area contributed by atoms with E-state index in [1.165, 1.54) is 6.92 Å². The minimum Gasteiger partial charge on any atom is -0.411 e. The Morgan fingerprint density at radius 1 is 1.43 bits per heavy atom. The molecule has 0 saturated carbocycles. The molecule has 1 aromatic rings. The van der Waals surface area contributed by atoms with Crippen molar-refractivity contribution in [3.05, 3.63) is 62.1 Å². The molecule has 0 fully saturated rings. The highest BCUT2D eigenvalue weighted by molar-refractivity contribution is 5.73. The van der Waals surface area contributed by atoms with Crippen molar-refractivity contribution in [2.45, 2.75) is 6.92 Å². The highest BCUT2D eigenvalue weighted by atomic mass is 16.6. The third-order valence-electron chi connectivity index (χ3n) is 2.42. The van der Waals surface area contributed by atoms with E-state index in [-0.39, 0.29) is 17.0 Å². The van der Waals surface area contributed by atoms with E-state index in [0.717, 1.165) is 36.7 Å². The van der Waals surface area contributed by atoms with Crippen molar-refractivity contribution in [2.24, 2.45) is 5.16 Å². The molecule has 0 aliphatic heterocycles. The van der Waals surface area contributed by atoms with Gasteiger partial charge in [0.05, 0.1) is 28.2 Å². The summed E-state index contributed by atoms with van der Waals surface area (Å²) in [7, 11) is 0.